The summed E-state index contributed by atoms with van der Waals surface area (Å²) in [4.78, 5) is 28.6. The number of ether oxygens (including phenoxy) is 1. The van der Waals surface area contributed by atoms with Gasteiger partial charge in [0, 0.05) is 19.2 Å². The Kier molecular flexibility index (Phi) is 2.95. The SMILES string of the molecule is COC(=O)C1CC(=O)N(c2cccnc2N)C1. The fourth-order valence-electron chi connectivity index (χ4n) is 1.90. The molecule has 2 N–H and O–H groups in total. The second kappa shape index (κ2) is 4.40. The normalized spacial score (nSPS) is 19.5. The van der Waals surface area contributed by atoms with Crippen molar-refractivity contribution in [3.8, 4) is 0 Å². The molecule has 0 spiro atoms. The van der Waals surface area contributed by atoms with Crippen molar-refractivity contribution in [1.29, 1.82) is 0 Å². The van der Waals surface area contributed by atoms with Gasteiger partial charge in [-0.2, -0.15) is 0 Å². The van der Waals surface area contributed by atoms with Crippen LogP contribution in [0.3, 0.4) is 0 Å². The Hall–Kier alpha value is -2.11. The number of carbonyl (C=O) groups excluding carboxylic acids is 2. The number of esters is 1. The molecule has 1 saturated heterocycles. The number of methoxy groups -OCH3 is 1. The number of nitrogens with zero attached hydrogens (tertiary/aromatic N) is 2. The van der Waals surface area contributed by atoms with Gasteiger partial charge in [0.2, 0.25) is 5.91 Å². The minimum atomic E-state index is -0.424. The average Bonchev–Trinajstić information content (AvgIpc) is 2.71. The summed E-state index contributed by atoms with van der Waals surface area (Å²) in [6.45, 7) is 0.293. The highest BCUT2D eigenvalue weighted by molar-refractivity contribution is 6.01. The van der Waals surface area contributed by atoms with E-state index in [0.29, 0.717) is 12.2 Å². The predicted molar refractivity (Wildman–Crippen MR) is 61.1 cm³/mol. The van der Waals surface area contributed by atoms with Gasteiger partial charge in [-0.05, 0) is 12.1 Å². The maximum absolute atomic E-state index is 11.8. The first kappa shape index (κ1) is 11.4. The van der Waals surface area contributed by atoms with Crippen LogP contribution in [0.5, 0.6) is 0 Å². The lowest BCUT2D eigenvalue weighted by Gasteiger charge is -2.17. The Bertz CT molecular complexity index is 461. The Morgan fingerprint density at radius 2 is 2.41 bits per heavy atom. The number of aromatic nitrogens is 1. The monoisotopic (exact) mass is 235 g/mol. The predicted octanol–water partition coefficient (Wildman–Crippen LogP) is 0.190. The molecule has 0 bridgehead atoms. The van der Waals surface area contributed by atoms with Crippen LogP contribution in [0.15, 0.2) is 18.3 Å². The summed E-state index contributed by atoms with van der Waals surface area (Å²) >= 11 is 0. The number of nitrogen functional groups attached to an aromatic ring is 1. The van der Waals surface area contributed by atoms with Crippen molar-refractivity contribution in [3.63, 3.8) is 0 Å². The van der Waals surface area contributed by atoms with Gasteiger partial charge in [0.05, 0.1) is 18.7 Å². The summed E-state index contributed by atoms with van der Waals surface area (Å²) in [5.74, 6) is -0.651. The molecule has 2 heterocycles. The Morgan fingerprint density at radius 1 is 1.65 bits per heavy atom. The van der Waals surface area contributed by atoms with E-state index in [4.69, 9.17) is 5.73 Å². The summed E-state index contributed by atoms with van der Waals surface area (Å²) in [5, 5.41) is 0. The molecule has 90 valence electrons. The first-order valence-electron chi connectivity index (χ1n) is 5.22. The molecular weight excluding hydrogens is 222 g/mol. The molecule has 1 aromatic rings. The molecule has 1 fully saturated rings. The molecule has 6 heteroatoms. The van der Waals surface area contributed by atoms with Crippen LogP contribution in [0.4, 0.5) is 11.5 Å². The third-order valence-electron chi connectivity index (χ3n) is 2.77. The summed E-state index contributed by atoms with van der Waals surface area (Å²) < 4.78 is 4.63. The van der Waals surface area contributed by atoms with Crippen LogP contribution in [-0.2, 0) is 14.3 Å². The smallest absolute Gasteiger partial charge is 0.311 e. The molecule has 0 aromatic carbocycles. The van der Waals surface area contributed by atoms with Crippen molar-refractivity contribution < 1.29 is 14.3 Å². The van der Waals surface area contributed by atoms with Crippen molar-refractivity contribution in [1.82, 2.24) is 4.98 Å². The lowest BCUT2D eigenvalue weighted by atomic mass is 10.1. The number of pyridine rings is 1. The van der Waals surface area contributed by atoms with E-state index in [-0.39, 0.29) is 24.1 Å². The van der Waals surface area contributed by atoms with E-state index in [1.807, 2.05) is 0 Å². The number of nitrogens with two attached hydrogens (primary N) is 1. The van der Waals surface area contributed by atoms with E-state index >= 15 is 0 Å². The minimum Gasteiger partial charge on any atom is -0.469 e. The van der Waals surface area contributed by atoms with Gasteiger partial charge in [-0.3, -0.25) is 9.59 Å². The molecule has 1 aromatic heterocycles. The van der Waals surface area contributed by atoms with Crippen LogP contribution in [0.1, 0.15) is 6.42 Å². The third-order valence-corrected chi connectivity index (χ3v) is 2.77. The number of rotatable bonds is 2. The second-order valence-corrected chi connectivity index (χ2v) is 3.84. The molecule has 0 aliphatic carbocycles. The molecule has 1 atom stereocenters. The van der Waals surface area contributed by atoms with E-state index in [1.54, 1.807) is 18.3 Å². The highest BCUT2D eigenvalue weighted by Crippen LogP contribution is 2.28. The molecule has 1 aliphatic heterocycles. The number of amides is 1. The lowest BCUT2D eigenvalue weighted by Crippen LogP contribution is -2.27. The van der Waals surface area contributed by atoms with E-state index in [0.717, 1.165) is 0 Å². The van der Waals surface area contributed by atoms with Gasteiger partial charge in [-0.1, -0.05) is 0 Å². The van der Waals surface area contributed by atoms with Crippen molar-refractivity contribution in [3.05, 3.63) is 18.3 Å². The topological polar surface area (TPSA) is 85.5 Å². The molecule has 0 radical (unpaired) electrons. The first-order valence-corrected chi connectivity index (χ1v) is 5.22. The van der Waals surface area contributed by atoms with Crippen LogP contribution >= 0.6 is 0 Å². The van der Waals surface area contributed by atoms with Crippen LogP contribution in [0.25, 0.3) is 0 Å². The standard InChI is InChI=1S/C11H13N3O3/c1-17-11(16)7-5-9(15)14(6-7)8-3-2-4-13-10(8)12/h2-4,7H,5-6H2,1H3,(H2,12,13). The van der Waals surface area contributed by atoms with Gasteiger partial charge in [-0.25, -0.2) is 4.98 Å². The van der Waals surface area contributed by atoms with Gasteiger partial charge in [0.15, 0.2) is 0 Å². The van der Waals surface area contributed by atoms with Gasteiger partial charge in [0.25, 0.3) is 0 Å². The summed E-state index contributed by atoms with van der Waals surface area (Å²) in [5.41, 5.74) is 6.24. The first-order chi connectivity index (χ1) is 8.13. The quantitative estimate of drug-likeness (QED) is 0.739. The second-order valence-electron chi connectivity index (χ2n) is 3.84. The maximum atomic E-state index is 11.8. The zero-order valence-electron chi connectivity index (χ0n) is 9.42. The van der Waals surface area contributed by atoms with Crippen molar-refractivity contribution >= 4 is 23.4 Å². The Morgan fingerprint density at radius 3 is 3.06 bits per heavy atom. The number of anilines is 2. The molecular formula is C11H13N3O3. The van der Waals surface area contributed by atoms with Crippen LogP contribution in [0.2, 0.25) is 0 Å². The molecule has 1 amide bonds. The van der Waals surface area contributed by atoms with Crippen LogP contribution < -0.4 is 10.6 Å². The zero-order valence-corrected chi connectivity index (χ0v) is 9.42. The summed E-state index contributed by atoms with van der Waals surface area (Å²) in [6.07, 6.45) is 1.71. The number of carbonyl (C=O) groups is 2. The molecule has 17 heavy (non-hydrogen) atoms. The van der Waals surface area contributed by atoms with Gasteiger partial charge >= 0.3 is 5.97 Å². The van der Waals surface area contributed by atoms with Crippen molar-refractivity contribution in [2.75, 3.05) is 24.3 Å². The highest BCUT2D eigenvalue weighted by atomic mass is 16.5. The van der Waals surface area contributed by atoms with Crippen molar-refractivity contribution in [2.24, 2.45) is 5.92 Å². The molecule has 2 rings (SSSR count). The summed E-state index contributed by atoms with van der Waals surface area (Å²) in [7, 11) is 1.31. The van der Waals surface area contributed by atoms with E-state index in [1.165, 1.54) is 12.0 Å². The fraction of sp³-hybridized carbons (Fsp3) is 0.364. The molecule has 6 nitrogen and oxygen atoms in total. The number of hydrogen-bond acceptors (Lipinski definition) is 5. The van der Waals surface area contributed by atoms with Crippen LogP contribution in [0, 0.1) is 5.92 Å². The van der Waals surface area contributed by atoms with Crippen LogP contribution in [-0.4, -0.2) is 30.5 Å². The zero-order chi connectivity index (χ0) is 12.4. The van der Waals surface area contributed by atoms with Gasteiger partial charge < -0.3 is 15.4 Å². The van der Waals surface area contributed by atoms with Gasteiger partial charge in [-0.15, -0.1) is 0 Å². The van der Waals surface area contributed by atoms with Crippen molar-refractivity contribution in [2.45, 2.75) is 6.42 Å². The fourth-order valence-corrected chi connectivity index (χ4v) is 1.90. The molecule has 1 unspecified atom stereocenters. The van der Waals surface area contributed by atoms with E-state index in [2.05, 4.69) is 9.72 Å². The maximum Gasteiger partial charge on any atom is 0.311 e. The van der Waals surface area contributed by atoms with E-state index in [9.17, 15) is 9.59 Å². The largest absolute Gasteiger partial charge is 0.469 e. The Balaban J connectivity index is 2.22. The molecule has 1 aliphatic rings. The summed E-state index contributed by atoms with van der Waals surface area (Å²) in [6, 6.07) is 3.41. The van der Waals surface area contributed by atoms with E-state index < -0.39 is 5.92 Å². The number of hydrogen-bond donors (Lipinski definition) is 1. The average molecular weight is 235 g/mol. The minimum absolute atomic E-state index is 0.139. The molecule has 0 saturated carbocycles. The third kappa shape index (κ3) is 2.06. The lowest BCUT2D eigenvalue weighted by molar-refractivity contribution is -0.145. The Labute approximate surface area is 98.4 Å². The highest BCUT2D eigenvalue weighted by Gasteiger charge is 2.36. The van der Waals surface area contributed by atoms with Gasteiger partial charge in [0.1, 0.15) is 5.82 Å².